The van der Waals surface area contributed by atoms with Crippen LogP contribution in [0.4, 0.5) is 0 Å². The number of hydrogen-bond donors (Lipinski definition) is 0. The van der Waals surface area contributed by atoms with Crippen LogP contribution in [0.3, 0.4) is 0 Å². The molecular formula is C42H43BO7. The molecule has 0 amide bonds. The Morgan fingerprint density at radius 1 is 0.520 bits per heavy atom. The molecule has 0 N–H and O–H groups in total. The summed E-state index contributed by atoms with van der Waals surface area (Å²) in [4.78, 5) is 0. The van der Waals surface area contributed by atoms with Crippen molar-refractivity contribution in [3.8, 4) is 17.2 Å². The summed E-state index contributed by atoms with van der Waals surface area (Å²) in [5.74, 6) is 2.00. The van der Waals surface area contributed by atoms with Crippen LogP contribution in [0.25, 0.3) is 0 Å². The van der Waals surface area contributed by atoms with Crippen molar-refractivity contribution in [1.29, 1.82) is 0 Å². The van der Waals surface area contributed by atoms with Gasteiger partial charge in [0.05, 0.1) is 21.3 Å². The predicted octanol–water partition coefficient (Wildman–Crippen LogP) is 8.02. The summed E-state index contributed by atoms with van der Waals surface area (Å²) >= 11 is 0. The van der Waals surface area contributed by atoms with Gasteiger partial charge < -0.3 is 33.0 Å². The van der Waals surface area contributed by atoms with Gasteiger partial charge in [-0.1, -0.05) is 121 Å². The highest BCUT2D eigenvalue weighted by atomic mass is 16.7. The highest BCUT2D eigenvalue weighted by Crippen LogP contribution is 2.61. The zero-order valence-corrected chi connectivity index (χ0v) is 29.2. The maximum Gasteiger partial charge on any atom is 0.461 e. The molecule has 50 heavy (non-hydrogen) atoms. The number of benzene rings is 5. The zero-order valence-electron chi connectivity index (χ0n) is 29.2. The third-order valence-corrected chi connectivity index (χ3v) is 10.4. The highest BCUT2D eigenvalue weighted by molar-refractivity contribution is 6.48. The van der Waals surface area contributed by atoms with Gasteiger partial charge in [0.2, 0.25) is 5.75 Å². The molecule has 0 radical (unpaired) electrons. The first-order chi connectivity index (χ1) is 24.5. The lowest BCUT2D eigenvalue weighted by Crippen LogP contribution is -2.56. The first-order valence-corrected chi connectivity index (χ1v) is 17.0. The van der Waals surface area contributed by atoms with Gasteiger partial charge in [0, 0.05) is 20.0 Å². The van der Waals surface area contributed by atoms with Gasteiger partial charge in [-0.15, -0.1) is 0 Å². The summed E-state index contributed by atoms with van der Waals surface area (Å²) < 4.78 is 45.2. The SMILES string of the molecule is COc1cc([C@@H]2C[C@@H]2B2O[C@@H](C(OC)(c3ccccc3)c3ccccc3)[C@H](C(OC)(c3ccccc3)c3ccccc3)O2)cc(OC)c1OC. The molecule has 5 aromatic carbocycles. The fourth-order valence-electron chi connectivity index (χ4n) is 7.93. The molecule has 2 fully saturated rings. The van der Waals surface area contributed by atoms with E-state index >= 15 is 0 Å². The van der Waals surface area contributed by atoms with E-state index in [1.165, 1.54) is 0 Å². The van der Waals surface area contributed by atoms with Crippen LogP contribution in [0, 0.1) is 0 Å². The van der Waals surface area contributed by atoms with Crippen LogP contribution >= 0.6 is 0 Å². The van der Waals surface area contributed by atoms with Gasteiger partial charge in [0.15, 0.2) is 11.5 Å². The van der Waals surface area contributed by atoms with Crippen molar-refractivity contribution < 1.29 is 33.0 Å². The second kappa shape index (κ2) is 14.3. The Labute approximate surface area is 295 Å². The summed E-state index contributed by atoms with van der Waals surface area (Å²) in [5, 5.41) is 0. The smallest absolute Gasteiger partial charge is 0.461 e. The number of rotatable bonds is 13. The topological polar surface area (TPSA) is 64.6 Å². The maximum absolute atomic E-state index is 7.31. The van der Waals surface area contributed by atoms with Gasteiger partial charge in [-0.05, 0) is 52.3 Å². The third-order valence-electron chi connectivity index (χ3n) is 10.4. The summed E-state index contributed by atoms with van der Waals surface area (Å²) in [7, 11) is 7.82. The van der Waals surface area contributed by atoms with E-state index in [9.17, 15) is 0 Å². The largest absolute Gasteiger partial charge is 0.493 e. The molecule has 0 unspecified atom stereocenters. The molecule has 7 rings (SSSR count). The van der Waals surface area contributed by atoms with Gasteiger partial charge in [0.1, 0.15) is 23.4 Å². The number of ether oxygens (including phenoxy) is 5. The van der Waals surface area contributed by atoms with Crippen molar-refractivity contribution in [2.75, 3.05) is 35.5 Å². The molecule has 2 aliphatic rings. The molecule has 1 saturated carbocycles. The highest BCUT2D eigenvalue weighted by Gasteiger charge is 2.65. The minimum Gasteiger partial charge on any atom is -0.493 e. The molecule has 8 heteroatoms. The van der Waals surface area contributed by atoms with E-state index < -0.39 is 30.5 Å². The van der Waals surface area contributed by atoms with Gasteiger partial charge in [0.25, 0.3) is 0 Å². The van der Waals surface area contributed by atoms with E-state index in [2.05, 4.69) is 48.5 Å². The third kappa shape index (κ3) is 5.66. The Morgan fingerprint density at radius 3 is 1.18 bits per heavy atom. The fraction of sp³-hybridized carbons (Fsp3) is 0.286. The van der Waals surface area contributed by atoms with Crippen LogP contribution in [0.15, 0.2) is 133 Å². The number of methoxy groups -OCH3 is 5. The Morgan fingerprint density at radius 2 is 0.880 bits per heavy atom. The lowest BCUT2D eigenvalue weighted by Gasteiger charge is -2.47. The van der Waals surface area contributed by atoms with E-state index in [0.29, 0.717) is 17.2 Å². The molecule has 1 heterocycles. The van der Waals surface area contributed by atoms with Gasteiger partial charge in [-0.3, -0.25) is 0 Å². The average Bonchev–Trinajstić information content (AvgIpc) is 3.88. The molecule has 4 atom stereocenters. The number of hydrogen-bond acceptors (Lipinski definition) is 7. The molecule has 0 spiro atoms. The minimum absolute atomic E-state index is 0.0486. The standard InChI is InChI=1S/C42H43BO7/c1-44-36-26-29(27-37(45-2)38(36)46-3)34-28-35(34)43-49-39(41(47-4,30-18-10-6-11-19-30)31-20-12-7-13-21-31)40(50-43)42(48-5,32-22-14-8-15-23-32)33-24-16-9-17-25-33/h6-27,34-35,39-40H,28H2,1-5H3/t34-,35-,39+,40+/m0/s1. The van der Waals surface area contributed by atoms with E-state index in [1.807, 2.05) is 84.9 Å². The normalized spacial score (nSPS) is 20.4. The lowest BCUT2D eigenvalue weighted by atomic mass is 9.71. The first-order valence-electron chi connectivity index (χ1n) is 17.0. The average molecular weight is 671 g/mol. The van der Waals surface area contributed by atoms with Crippen LogP contribution in [-0.4, -0.2) is 54.9 Å². The maximum atomic E-state index is 7.31. The van der Waals surface area contributed by atoms with Crippen molar-refractivity contribution >= 4 is 7.12 Å². The molecule has 7 nitrogen and oxygen atoms in total. The zero-order chi connectivity index (χ0) is 34.7. The Kier molecular flexibility index (Phi) is 9.71. The van der Waals surface area contributed by atoms with Gasteiger partial charge in [-0.2, -0.15) is 0 Å². The molecular weight excluding hydrogens is 627 g/mol. The van der Waals surface area contributed by atoms with E-state index in [1.54, 1.807) is 35.5 Å². The van der Waals surface area contributed by atoms with Crippen molar-refractivity contribution in [3.63, 3.8) is 0 Å². The van der Waals surface area contributed by atoms with Crippen LogP contribution in [-0.2, 0) is 30.0 Å². The molecule has 0 aromatic heterocycles. The van der Waals surface area contributed by atoms with Gasteiger partial charge in [-0.25, -0.2) is 0 Å². The summed E-state index contributed by atoms with van der Waals surface area (Å²) in [5.41, 5.74) is 2.77. The van der Waals surface area contributed by atoms with Crippen LogP contribution in [0.2, 0.25) is 5.82 Å². The Hall–Kier alpha value is -4.60. The lowest BCUT2D eigenvalue weighted by molar-refractivity contribution is -0.136. The van der Waals surface area contributed by atoms with Crippen molar-refractivity contribution in [2.24, 2.45) is 0 Å². The molecule has 0 bridgehead atoms. The molecule has 1 aliphatic heterocycles. The fourth-order valence-corrected chi connectivity index (χ4v) is 7.93. The second-order valence-electron chi connectivity index (χ2n) is 12.8. The minimum atomic E-state index is -1.06. The molecule has 1 aliphatic carbocycles. The first kappa shape index (κ1) is 33.9. The van der Waals surface area contributed by atoms with Crippen molar-refractivity contribution in [3.05, 3.63) is 161 Å². The van der Waals surface area contributed by atoms with Gasteiger partial charge >= 0.3 is 7.12 Å². The predicted molar refractivity (Wildman–Crippen MR) is 194 cm³/mol. The van der Waals surface area contributed by atoms with Crippen molar-refractivity contribution in [2.45, 2.75) is 41.6 Å². The van der Waals surface area contributed by atoms with Crippen LogP contribution in [0.1, 0.15) is 40.2 Å². The molecule has 256 valence electrons. The van der Waals surface area contributed by atoms with E-state index in [4.69, 9.17) is 33.0 Å². The quantitative estimate of drug-likeness (QED) is 0.118. The monoisotopic (exact) mass is 670 g/mol. The summed E-state index contributed by atoms with van der Waals surface area (Å²) in [6.45, 7) is 0. The van der Waals surface area contributed by atoms with E-state index in [0.717, 1.165) is 34.2 Å². The van der Waals surface area contributed by atoms with Crippen molar-refractivity contribution in [1.82, 2.24) is 0 Å². The van der Waals surface area contributed by atoms with Crippen LogP contribution < -0.4 is 14.2 Å². The Bertz CT molecular complexity index is 1650. The molecule has 5 aromatic rings. The Balaban J connectivity index is 1.40. The van der Waals surface area contributed by atoms with Crippen LogP contribution in [0.5, 0.6) is 17.2 Å². The van der Waals surface area contributed by atoms with E-state index in [-0.39, 0.29) is 11.7 Å². The summed E-state index contributed by atoms with van der Waals surface area (Å²) in [6.07, 6.45) is -0.441. The summed E-state index contributed by atoms with van der Waals surface area (Å²) in [6, 6.07) is 45.2. The second-order valence-corrected chi connectivity index (χ2v) is 12.8. The molecule has 1 saturated heterocycles.